The third-order valence-electron chi connectivity index (χ3n) is 8.22. The van der Waals surface area contributed by atoms with Gasteiger partial charge < -0.3 is 5.32 Å². The van der Waals surface area contributed by atoms with E-state index in [-0.39, 0.29) is 11.8 Å². The smallest absolute Gasteiger partial charge is 0.236 e. The molecule has 1 heterocycles. The zero-order chi connectivity index (χ0) is 21.5. The summed E-state index contributed by atoms with van der Waals surface area (Å²) in [4.78, 5) is 12.9. The summed E-state index contributed by atoms with van der Waals surface area (Å²) >= 11 is 0. The van der Waals surface area contributed by atoms with Gasteiger partial charge in [-0.2, -0.15) is 4.31 Å². The van der Waals surface area contributed by atoms with Gasteiger partial charge in [-0.05, 0) is 86.2 Å². The molecule has 1 amide bonds. The maximum absolute atomic E-state index is 12.9. The zero-order valence-electron chi connectivity index (χ0n) is 18.2. The number of hydrogen-bond acceptors (Lipinski definition) is 3. The van der Waals surface area contributed by atoms with Gasteiger partial charge in [0.15, 0.2) is 0 Å². The van der Waals surface area contributed by atoms with E-state index in [0.29, 0.717) is 31.3 Å². The molecular weight excluding hydrogens is 408 g/mol. The van der Waals surface area contributed by atoms with E-state index in [9.17, 15) is 13.2 Å². The Kier molecular flexibility index (Phi) is 5.72. The van der Waals surface area contributed by atoms with Crippen LogP contribution in [0, 0.1) is 29.1 Å². The van der Waals surface area contributed by atoms with Crippen molar-refractivity contribution in [1.82, 2.24) is 9.62 Å². The van der Waals surface area contributed by atoms with Crippen LogP contribution >= 0.6 is 0 Å². The molecule has 1 aromatic carbocycles. The number of sulfonamides is 1. The maximum Gasteiger partial charge on any atom is 0.236 e. The first-order chi connectivity index (χ1) is 14.9. The summed E-state index contributed by atoms with van der Waals surface area (Å²) in [6.45, 7) is 1.65. The molecule has 6 heteroatoms. The fourth-order valence-corrected chi connectivity index (χ4v) is 8.33. The molecule has 1 saturated heterocycles. The van der Waals surface area contributed by atoms with Gasteiger partial charge in [0.05, 0.1) is 0 Å². The van der Waals surface area contributed by atoms with Gasteiger partial charge in [-0.1, -0.05) is 30.3 Å². The first kappa shape index (κ1) is 21.2. The lowest BCUT2D eigenvalue weighted by atomic mass is 9.49. The Bertz CT molecular complexity index is 897. The predicted molar refractivity (Wildman–Crippen MR) is 122 cm³/mol. The largest absolute Gasteiger partial charge is 0.355 e. The lowest BCUT2D eigenvalue weighted by Crippen LogP contribution is -2.52. The molecule has 5 fully saturated rings. The van der Waals surface area contributed by atoms with E-state index >= 15 is 0 Å². The first-order valence-corrected chi connectivity index (χ1v) is 13.4. The number of carbonyl (C=O) groups is 1. The van der Waals surface area contributed by atoms with Gasteiger partial charge in [0.2, 0.25) is 15.9 Å². The number of piperidine rings is 1. The maximum atomic E-state index is 12.9. The van der Waals surface area contributed by atoms with Crippen LogP contribution in [0.25, 0.3) is 6.08 Å². The quantitative estimate of drug-likeness (QED) is 0.723. The Morgan fingerprint density at radius 1 is 1.00 bits per heavy atom. The highest BCUT2D eigenvalue weighted by Crippen LogP contribution is 2.59. The fraction of sp³-hybridized carbons (Fsp3) is 0.640. The lowest BCUT2D eigenvalue weighted by Gasteiger charge is -2.57. The van der Waals surface area contributed by atoms with Crippen LogP contribution in [-0.2, 0) is 14.8 Å². The van der Waals surface area contributed by atoms with Crippen LogP contribution in [0.2, 0.25) is 0 Å². The number of carbonyl (C=O) groups excluding carboxylic acids is 1. The zero-order valence-corrected chi connectivity index (χ0v) is 19.0. The molecule has 5 aliphatic rings. The van der Waals surface area contributed by atoms with Crippen molar-refractivity contribution >= 4 is 22.0 Å². The predicted octanol–water partition coefficient (Wildman–Crippen LogP) is 4.03. The van der Waals surface area contributed by atoms with Crippen LogP contribution in [0.3, 0.4) is 0 Å². The molecule has 1 aromatic rings. The second kappa shape index (κ2) is 8.36. The number of nitrogens with zero attached hydrogens (tertiary/aromatic N) is 1. The van der Waals surface area contributed by atoms with Gasteiger partial charge >= 0.3 is 0 Å². The molecule has 0 atom stereocenters. The van der Waals surface area contributed by atoms with Gasteiger partial charge in [0, 0.05) is 31.0 Å². The van der Waals surface area contributed by atoms with Gasteiger partial charge in [0.1, 0.15) is 0 Å². The molecule has 0 spiro atoms. The number of nitrogens with one attached hydrogen (secondary N) is 1. The Morgan fingerprint density at radius 2 is 1.58 bits per heavy atom. The van der Waals surface area contributed by atoms with E-state index < -0.39 is 10.0 Å². The van der Waals surface area contributed by atoms with E-state index in [1.54, 1.807) is 6.08 Å². The lowest BCUT2D eigenvalue weighted by molar-refractivity contribution is -0.128. The van der Waals surface area contributed by atoms with Crippen LogP contribution < -0.4 is 5.32 Å². The van der Waals surface area contributed by atoms with E-state index in [0.717, 1.165) is 29.9 Å². The van der Waals surface area contributed by atoms with Crippen LogP contribution in [0.4, 0.5) is 0 Å². The Labute approximate surface area is 186 Å². The number of hydrogen-bond donors (Lipinski definition) is 1. The van der Waals surface area contributed by atoms with Gasteiger partial charge in [-0.25, -0.2) is 8.42 Å². The number of rotatable bonds is 6. The van der Waals surface area contributed by atoms with Crippen molar-refractivity contribution in [3.8, 4) is 0 Å². The third kappa shape index (κ3) is 4.61. The summed E-state index contributed by atoms with van der Waals surface area (Å²) in [6, 6.07) is 9.45. The summed E-state index contributed by atoms with van der Waals surface area (Å²) in [5.74, 6) is 2.73. The van der Waals surface area contributed by atoms with Crippen LogP contribution in [-0.4, -0.2) is 38.3 Å². The minimum absolute atomic E-state index is 0.0709. The molecule has 4 saturated carbocycles. The number of amides is 1. The van der Waals surface area contributed by atoms with E-state index in [1.807, 2.05) is 30.3 Å². The van der Waals surface area contributed by atoms with Crippen LogP contribution in [0.5, 0.6) is 0 Å². The van der Waals surface area contributed by atoms with Gasteiger partial charge in [-0.15, -0.1) is 0 Å². The van der Waals surface area contributed by atoms with Crippen LogP contribution in [0.1, 0.15) is 56.9 Å². The van der Waals surface area contributed by atoms with Gasteiger partial charge in [-0.3, -0.25) is 4.79 Å². The molecule has 0 aromatic heterocycles. The summed E-state index contributed by atoms with van der Waals surface area (Å²) in [5, 5.41) is 4.58. The Hall–Kier alpha value is -1.66. The van der Waals surface area contributed by atoms with Crippen molar-refractivity contribution in [2.75, 3.05) is 19.6 Å². The summed E-state index contributed by atoms with van der Waals surface area (Å²) in [5.41, 5.74) is 1.21. The highest BCUT2D eigenvalue weighted by atomic mass is 32.2. The average Bonchev–Trinajstić information content (AvgIpc) is 2.76. The molecule has 4 bridgehead atoms. The molecule has 168 valence electrons. The summed E-state index contributed by atoms with van der Waals surface area (Å²) < 4.78 is 26.8. The third-order valence-corrected chi connectivity index (χ3v) is 9.78. The normalized spacial score (nSPS) is 33.7. The van der Waals surface area contributed by atoms with Gasteiger partial charge in [0.25, 0.3) is 0 Å². The standard InChI is InChI=1S/C25H34N2O3S/c28-24(26-18-25-15-20-12-21(16-25)14-22(13-20)17-25)23-6-9-27(10-7-23)31(29,30)11-8-19-4-2-1-3-5-19/h1-5,8,11,20-23H,6-7,9-10,12-18H2,(H,26,28)/b11-8+. The van der Waals surface area contributed by atoms with E-state index in [2.05, 4.69) is 5.32 Å². The molecule has 31 heavy (non-hydrogen) atoms. The van der Waals surface area contributed by atoms with E-state index in [1.165, 1.54) is 48.2 Å². The Morgan fingerprint density at radius 3 is 2.16 bits per heavy atom. The highest BCUT2D eigenvalue weighted by Gasteiger charge is 2.50. The van der Waals surface area contributed by atoms with Crippen molar-refractivity contribution in [2.45, 2.75) is 51.4 Å². The second-order valence-corrected chi connectivity index (χ2v) is 12.4. The van der Waals surface area contributed by atoms with E-state index in [4.69, 9.17) is 0 Å². The average molecular weight is 443 g/mol. The minimum atomic E-state index is -3.45. The Balaban J connectivity index is 1.12. The molecular formula is C25H34N2O3S. The molecule has 5 nitrogen and oxygen atoms in total. The second-order valence-electron chi connectivity index (χ2n) is 10.6. The summed E-state index contributed by atoms with van der Waals surface area (Å²) in [7, 11) is -3.45. The molecule has 4 aliphatic carbocycles. The van der Waals surface area contributed by atoms with Crippen LogP contribution in [0.15, 0.2) is 35.7 Å². The molecule has 1 aliphatic heterocycles. The minimum Gasteiger partial charge on any atom is -0.355 e. The summed E-state index contributed by atoms with van der Waals surface area (Å²) in [6.07, 6.45) is 11.0. The molecule has 0 radical (unpaired) electrons. The first-order valence-electron chi connectivity index (χ1n) is 11.9. The molecule has 0 unspecified atom stereocenters. The molecule has 6 rings (SSSR count). The van der Waals surface area contributed by atoms with Crippen molar-refractivity contribution in [2.24, 2.45) is 29.1 Å². The monoisotopic (exact) mass is 442 g/mol. The van der Waals surface area contributed by atoms with Crippen molar-refractivity contribution in [3.63, 3.8) is 0 Å². The number of benzene rings is 1. The SMILES string of the molecule is O=C(NCC12CC3CC(CC(C3)C1)C2)C1CCN(S(=O)(=O)/C=C/c2ccccc2)CC1. The topological polar surface area (TPSA) is 66.5 Å². The molecule has 1 N–H and O–H groups in total. The van der Waals surface area contributed by atoms with Crippen molar-refractivity contribution < 1.29 is 13.2 Å². The van der Waals surface area contributed by atoms with Crippen molar-refractivity contribution in [1.29, 1.82) is 0 Å². The fourth-order valence-electron chi connectivity index (χ4n) is 7.11. The van der Waals surface area contributed by atoms with Crippen molar-refractivity contribution in [3.05, 3.63) is 41.3 Å². The highest BCUT2D eigenvalue weighted by molar-refractivity contribution is 7.92.